The van der Waals surface area contributed by atoms with Crippen LogP contribution < -0.4 is 0 Å². The van der Waals surface area contributed by atoms with E-state index in [9.17, 15) is 9.59 Å². The summed E-state index contributed by atoms with van der Waals surface area (Å²) in [5.74, 6) is -0.254. The third-order valence-electron chi connectivity index (χ3n) is 4.74. The van der Waals surface area contributed by atoms with E-state index in [0.717, 1.165) is 38.8 Å². The van der Waals surface area contributed by atoms with E-state index in [1.165, 1.54) is 6.20 Å². The molecule has 1 amide bonds. The molecule has 0 aliphatic carbocycles. The Hall–Kier alpha value is -1.85. The number of amides is 1. The van der Waals surface area contributed by atoms with Crippen LogP contribution in [0.1, 0.15) is 68.0 Å². The number of piperidine rings is 1. The molecular weight excluding hydrogens is 294 g/mol. The van der Waals surface area contributed by atoms with Gasteiger partial charge in [-0.3, -0.25) is 9.48 Å². The van der Waals surface area contributed by atoms with E-state index in [0.29, 0.717) is 18.0 Å². The fraction of sp³-hybridized carbons (Fsp3) is 0.706. The van der Waals surface area contributed by atoms with E-state index in [1.54, 1.807) is 6.92 Å². The lowest BCUT2D eigenvalue weighted by Crippen LogP contribution is -2.40. The Bertz CT molecular complexity index is 559. The number of hydrogen-bond acceptors (Lipinski definition) is 3. The summed E-state index contributed by atoms with van der Waals surface area (Å²) in [5, 5.41) is 13.3. The molecule has 1 fully saturated rings. The number of carboxylic acid groups (broad SMARTS) is 1. The Balaban J connectivity index is 1.91. The quantitative estimate of drug-likeness (QED) is 0.874. The summed E-state index contributed by atoms with van der Waals surface area (Å²) in [7, 11) is 0. The first-order valence-corrected chi connectivity index (χ1v) is 8.49. The second kappa shape index (κ2) is 7.62. The average molecular weight is 321 g/mol. The molecule has 0 aromatic carbocycles. The Morgan fingerprint density at radius 1 is 1.39 bits per heavy atom. The lowest BCUT2D eigenvalue weighted by atomic mass is 9.99. The summed E-state index contributed by atoms with van der Waals surface area (Å²) < 4.78 is 1.81. The van der Waals surface area contributed by atoms with E-state index in [2.05, 4.69) is 18.9 Å². The molecule has 6 heteroatoms. The maximum Gasteiger partial charge on any atom is 0.339 e. The lowest BCUT2D eigenvalue weighted by Gasteiger charge is -2.33. The van der Waals surface area contributed by atoms with Crippen molar-refractivity contribution in [3.8, 4) is 0 Å². The third-order valence-corrected chi connectivity index (χ3v) is 4.74. The van der Waals surface area contributed by atoms with Gasteiger partial charge in [0.2, 0.25) is 5.91 Å². The topological polar surface area (TPSA) is 75.4 Å². The summed E-state index contributed by atoms with van der Waals surface area (Å²) >= 11 is 0. The number of aromatic nitrogens is 2. The predicted octanol–water partition coefficient (Wildman–Crippen LogP) is 2.88. The van der Waals surface area contributed by atoms with Gasteiger partial charge < -0.3 is 10.0 Å². The number of hydrogen-bond donors (Lipinski definition) is 1. The normalized spacial score (nSPS) is 17.3. The van der Waals surface area contributed by atoms with Gasteiger partial charge in [-0.05, 0) is 25.7 Å². The van der Waals surface area contributed by atoms with E-state index in [4.69, 9.17) is 5.11 Å². The van der Waals surface area contributed by atoms with Gasteiger partial charge in [0, 0.05) is 19.5 Å². The molecule has 6 nitrogen and oxygen atoms in total. The van der Waals surface area contributed by atoms with Crippen LogP contribution in [-0.2, 0) is 4.79 Å². The van der Waals surface area contributed by atoms with Crippen LogP contribution in [0.4, 0.5) is 0 Å². The van der Waals surface area contributed by atoms with Gasteiger partial charge in [0.15, 0.2) is 0 Å². The molecule has 1 aromatic heterocycles. The molecular formula is C17H27N3O3. The summed E-state index contributed by atoms with van der Waals surface area (Å²) in [6.07, 6.45) is 5.91. The minimum absolute atomic E-state index is 0.181. The first-order valence-electron chi connectivity index (χ1n) is 8.49. The second-order valence-electron chi connectivity index (χ2n) is 6.60. The molecule has 1 saturated heterocycles. The van der Waals surface area contributed by atoms with Crippen LogP contribution in [0, 0.1) is 12.8 Å². The molecule has 0 radical (unpaired) electrons. The van der Waals surface area contributed by atoms with Crippen molar-refractivity contribution < 1.29 is 14.7 Å². The molecule has 1 aliphatic heterocycles. The van der Waals surface area contributed by atoms with Crippen molar-refractivity contribution in [2.24, 2.45) is 5.92 Å². The largest absolute Gasteiger partial charge is 0.478 e. The van der Waals surface area contributed by atoms with Gasteiger partial charge in [0.05, 0.1) is 17.9 Å². The molecule has 1 N–H and O–H groups in total. The van der Waals surface area contributed by atoms with Crippen LogP contribution in [0.15, 0.2) is 6.20 Å². The number of carbonyl (C=O) groups is 2. The van der Waals surface area contributed by atoms with Crippen LogP contribution in [-0.4, -0.2) is 44.8 Å². The van der Waals surface area contributed by atoms with Crippen molar-refractivity contribution in [2.45, 2.75) is 58.9 Å². The molecule has 0 bridgehead atoms. The van der Waals surface area contributed by atoms with Crippen molar-refractivity contribution in [2.75, 3.05) is 13.1 Å². The minimum Gasteiger partial charge on any atom is -0.478 e. The summed E-state index contributed by atoms with van der Waals surface area (Å²) in [4.78, 5) is 25.4. The van der Waals surface area contributed by atoms with Gasteiger partial charge in [0.1, 0.15) is 5.56 Å². The smallest absolute Gasteiger partial charge is 0.339 e. The van der Waals surface area contributed by atoms with E-state index in [1.807, 2.05) is 9.58 Å². The Morgan fingerprint density at radius 3 is 2.57 bits per heavy atom. The molecule has 23 heavy (non-hydrogen) atoms. The van der Waals surface area contributed by atoms with Gasteiger partial charge >= 0.3 is 5.97 Å². The number of nitrogens with zero attached hydrogens (tertiary/aromatic N) is 3. The minimum atomic E-state index is -0.939. The first kappa shape index (κ1) is 17.5. The van der Waals surface area contributed by atoms with Gasteiger partial charge in [-0.15, -0.1) is 0 Å². The highest BCUT2D eigenvalue weighted by Gasteiger charge is 2.26. The molecule has 1 atom stereocenters. The van der Waals surface area contributed by atoms with E-state index >= 15 is 0 Å². The highest BCUT2D eigenvalue weighted by molar-refractivity contribution is 5.88. The zero-order chi connectivity index (χ0) is 17.0. The van der Waals surface area contributed by atoms with Crippen molar-refractivity contribution >= 4 is 11.9 Å². The van der Waals surface area contributed by atoms with E-state index in [-0.39, 0.29) is 17.5 Å². The molecule has 1 aromatic rings. The molecule has 1 aliphatic rings. The third kappa shape index (κ3) is 4.12. The van der Waals surface area contributed by atoms with Crippen LogP contribution in [0.2, 0.25) is 0 Å². The monoisotopic (exact) mass is 321 g/mol. The number of likely N-dealkylation sites (tertiary alicyclic amines) is 1. The van der Waals surface area contributed by atoms with Gasteiger partial charge in [-0.2, -0.15) is 5.10 Å². The zero-order valence-corrected chi connectivity index (χ0v) is 14.3. The van der Waals surface area contributed by atoms with Crippen LogP contribution in [0.5, 0.6) is 0 Å². The number of rotatable bonds is 6. The van der Waals surface area contributed by atoms with Gasteiger partial charge in [-0.1, -0.05) is 26.7 Å². The number of carbonyl (C=O) groups excluding carboxylic acids is 1. The van der Waals surface area contributed by atoms with Crippen LogP contribution in [0.3, 0.4) is 0 Å². The molecule has 0 saturated carbocycles. The SMILES string of the molecule is CCCC(C)CC(=O)N1CCC(n2ncc(C(=O)O)c2C)CC1. The fourth-order valence-corrected chi connectivity index (χ4v) is 3.38. The van der Waals surface area contributed by atoms with E-state index < -0.39 is 5.97 Å². The van der Waals surface area contributed by atoms with Crippen LogP contribution >= 0.6 is 0 Å². The molecule has 128 valence electrons. The maximum absolute atomic E-state index is 12.3. The molecule has 2 heterocycles. The Morgan fingerprint density at radius 2 is 2.04 bits per heavy atom. The Labute approximate surface area is 137 Å². The highest BCUT2D eigenvalue weighted by Crippen LogP contribution is 2.25. The lowest BCUT2D eigenvalue weighted by molar-refractivity contribution is -0.133. The fourth-order valence-electron chi connectivity index (χ4n) is 3.38. The second-order valence-corrected chi connectivity index (χ2v) is 6.60. The standard InChI is InChI=1S/C17H27N3O3/c1-4-5-12(2)10-16(21)19-8-6-14(7-9-19)20-13(3)15(11-18-20)17(22)23/h11-12,14H,4-10H2,1-3H3,(H,22,23). The maximum atomic E-state index is 12.3. The van der Waals surface area contributed by atoms with Gasteiger partial charge in [-0.25, -0.2) is 4.79 Å². The van der Waals surface area contributed by atoms with Crippen molar-refractivity contribution in [3.63, 3.8) is 0 Å². The highest BCUT2D eigenvalue weighted by atomic mass is 16.4. The molecule has 0 spiro atoms. The van der Waals surface area contributed by atoms with Crippen molar-refractivity contribution in [3.05, 3.63) is 17.5 Å². The predicted molar refractivity (Wildman–Crippen MR) is 87.5 cm³/mol. The van der Waals surface area contributed by atoms with Gasteiger partial charge in [0.25, 0.3) is 0 Å². The number of aromatic carboxylic acids is 1. The van der Waals surface area contributed by atoms with Crippen molar-refractivity contribution in [1.29, 1.82) is 0 Å². The van der Waals surface area contributed by atoms with Crippen LogP contribution in [0.25, 0.3) is 0 Å². The zero-order valence-electron chi connectivity index (χ0n) is 14.3. The average Bonchev–Trinajstić information content (AvgIpc) is 2.89. The molecule has 2 rings (SSSR count). The summed E-state index contributed by atoms with van der Waals surface area (Å²) in [6, 6.07) is 0.181. The summed E-state index contributed by atoms with van der Waals surface area (Å²) in [5.41, 5.74) is 0.954. The molecule has 1 unspecified atom stereocenters. The number of carboxylic acids is 1. The van der Waals surface area contributed by atoms with Crippen molar-refractivity contribution in [1.82, 2.24) is 14.7 Å². The summed E-state index contributed by atoms with van der Waals surface area (Å²) in [6.45, 7) is 7.52. The first-order chi connectivity index (χ1) is 10.9. The Kier molecular flexibility index (Phi) is 5.80.